The van der Waals surface area contributed by atoms with Gasteiger partial charge >= 0.3 is 11.8 Å². The van der Waals surface area contributed by atoms with Crippen molar-refractivity contribution in [3.8, 4) is 0 Å². The fraction of sp³-hybridized carbons (Fsp3) is 0.526. The average Bonchev–Trinajstić information content (AvgIpc) is 3.41. The van der Waals surface area contributed by atoms with Crippen LogP contribution in [-0.2, 0) is 9.59 Å². The molecule has 2 saturated carbocycles. The van der Waals surface area contributed by atoms with E-state index in [0.29, 0.717) is 17.2 Å². The van der Waals surface area contributed by atoms with Crippen LogP contribution in [0.15, 0.2) is 24.3 Å². The average molecular weight is 343 g/mol. The number of hydrogen-bond acceptors (Lipinski definition) is 3. The van der Waals surface area contributed by atoms with E-state index in [1.54, 1.807) is 24.3 Å². The fourth-order valence-electron chi connectivity index (χ4n) is 3.22. The first-order chi connectivity index (χ1) is 12.0. The molecule has 3 amide bonds. The zero-order chi connectivity index (χ0) is 17.8. The van der Waals surface area contributed by atoms with Crippen molar-refractivity contribution in [3.05, 3.63) is 29.8 Å². The van der Waals surface area contributed by atoms with Crippen molar-refractivity contribution >= 4 is 23.4 Å². The molecule has 0 saturated heterocycles. The van der Waals surface area contributed by atoms with Gasteiger partial charge in [-0.3, -0.25) is 14.4 Å². The molecule has 3 rings (SSSR count). The Labute approximate surface area is 147 Å². The quantitative estimate of drug-likeness (QED) is 0.733. The molecule has 134 valence electrons. The molecule has 0 spiro atoms. The van der Waals surface area contributed by atoms with E-state index in [-0.39, 0.29) is 18.0 Å². The Bertz CT molecular complexity index is 670. The lowest BCUT2D eigenvalue weighted by Gasteiger charge is -2.29. The summed E-state index contributed by atoms with van der Waals surface area (Å²) in [6, 6.07) is 7.02. The van der Waals surface area contributed by atoms with Crippen molar-refractivity contribution in [1.82, 2.24) is 10.6 Å². The highest BCUT2D eigenvalue weighted by molar-refractivity contribution is 6.40. The Balaban J connectivity index is 1.62. The Morgan fingerprint density at radius 1 is 0.920 bits per heavy atom. The highest BCUT2D eigenvalue weighted by atomic mass is 16.2. The highest BCUT2D eigenvalue weighted by Gasteiger charge is 2.27. The maximum Gasteiger partial charge on any atom is 0.313 e. The molecule has 1 aromatic rings. The molecule has 25 heavy (non-hydrogen) atoms. The molecule has 2 aliphatic carbocycles. The molecular weight excluding hydrogens is 318 g/mol. The predicted molar refractivity (Wildman–Crippen MR) is 95.1 cm³/mol. The summed E-state index contributed by atoms with van der Waals surface area (Å²) in [5.41, 5.74) is 0.735. The maximum absolute atomic E-state index is 12.3. The molecule has 0 unspecified atom stereocenters. The number of carbonyl (C=O) groups is 3. The van der Waals surface area contributed by atoms with Crippen LogP contribution in [0.5, 0.6) is 0 Å². The van der Waals surface area contributed by atoms with Crippen molar-refractivity contribution in [2.24, 2.45) is 5.92 Å². The molecule has 3 N–H and O–H groups in total. The molecule has 6 heteroatoms. The highest BCUT2D eigenvalue weighted by Crippen LogP contribution is 2.24. The zero-order valence-corrected chi connectivity index (χ0v) is 14.5. The number of para-hydroxylation sites is 1. The molecule has 1 aromatic carbocycles. The molecule has 0 radical (unpaired) electrons. The monoisotopic (exact) mass is 343 g/mol. The van der Waals surface area contributed by atoms with Gasteiger partial charge in [-0.1, -0.05) is 31.9 Å². The molecule has 2 fully saturated rings. The van der Waals surface area contributed by atoms with E-state index >= 15 is 0 Å². The first kappa shape index (κ1) is 17.5. The van der Waals surface area contributed by atoms with E-state index < -0.39 is 11.8 Å². The first-order valence-corrected chi connectivity index (χ1v) is 9.06. The van der Waals surface area contributed by atoms with Crippen LogP contribution < -0.4 is 16.0 Å². The lowest BCUT2D eigenvalue weighted by Crippen LogP contribution is -2.46. The third kappa shape index (κ3) is 4.59. The van der Waals surface area contributed by atoms with Crippen molar-refractivity contribution in [1.29, 1.82) is 0 Å². The second kappa shape index (κ2) is 7.68. The van der Waals surface area contributed by atoms with E-state index in [9.17, 15) is 14.4 Å². The van der Waals surface area contributed by atoms with Crippen LogP contribution in [0.4, 0.5) is 5.69 Å². The topological polar surface area (TPSA) is 87.3 Å². The number of rotatable bonds is 4. The van der Waals surface area contributed by atoms with Gasteiger partial charge in [0.15, 0.2) is 0 Å². The Hall–Kier alpha value is -2.37. The second-order valence-electron chi connectivity index (χ2n) is 7.09. The predicted octanol–water partition coefficient (Wildman–Crippen LogP) is 2.21. The van der Waals surface area contributed by atoms with Crippen LogP contribution in [0.1, 0.15) is 55.8 Å². The standard InChI is InChI=1S/C19H25N3O3/c1-12-6-2-4-8-15(12)21-18(24)19(25)22-16-9-5-3-7-14(16)17(23)20-13-10-11-13/h3,5,7,9,12-13,15H,2,4,6,8,10-11H2,1H3,(H,20,23)(H,21,24)(H,22,25)/t12-,15+/m1/s1. The van der Waals surface area contributed by atoms with Crippen LogP contribution in [0, 0.1) is 5.92 Å². The number of nitrogens with one attached hydrogen (secondary N) is 3. The van der Waals surface area contributed by atoms with Gasteiger partial charge in [0.05, 0.1) is 11.3 Å². The van der Waals surface area contributed by atoms with E-state index in [4.69, 9.17) is 0 Å². The number of anilines is 1. The largest absolute Gasteiger partial charge is 0.349 e. The van der Waals surface area contributed by atoms with Gasteiger partial charge in [0.1, 0.15) is 0 Å². The van der Waals surface area contributed by atoms with Crippen LogP contribution in [-0.4, -0.2) is 29.8 Å². The van der Waals surface area contributed by atoms with E-state index in [1.807, 2.05) is 0 Å². The van der Waals surface area contributed by atoms with Crippen LogP contribution in [0.2, 0.25) is 0 Å². The molecular formula is C19H25N3O3. The third-order valence-corrected chi connectivity index (χ3v) is 4.97. The van der Waals surface area contributed by atoms with Crippen molar-refractivity contribution < 1.29 is 14.4 Å². The zero-order valence-electron chi connectivity index (χ0n) is 14.5. The number of carbonyl (C=O) groups excluding carboxylic acids is 3. The molecule has 2 atom stereocenters. The van der Waals surface area contributed by atoms with Gasteiger partial charge in [0.25, 0.3) is 5.91 Å². The van der Waals surface area contributed by atoms with Crippen molar-refractivity contribution in [2.75, 3.05) is 5.32 Å². The van der Waals surface area contributed by atoms with Gasteiger partial charge in [-0.2, -0.15) is 0 Å². The minimum absolute atomic E-state index is 0.0420. The summed E-state index contributed by atoms with van der Waals surface area (Å²) >= 11 is 0. The number of benzene rings is 1. The van der Waals surface area contributed by atoms with Crippen LogP contribution >= 0.6 is 0 Å². The van der Waals surface area contributed by atoms with Crippen LogP contribution in [0.25, 0.3) is 0 Å². The summed E-state index contributed by atoms with van der Waals surface area (Å²) in [5.74, 6) is -1.22. The number of amides is 3. The van der Waals surface area contributed by atoms with Crippen molar-refractivity contribution in [2.45, 2.75) is 57.5 Å². The van der Waals surface area contributed by atoms with E-state index in [2.05, 4.69) is 22.9 Å². The normalized spacial score (nSPS) is 22.8. The Morgan fingerprint density at radius 2 is 1.64 bits per heavy atom. The summed E-state index contributed by atoms with van der Waals surface area (Å²) < 4.78 is 0. The summed E-state index contributed by atoms with van der Waals surface area (Å²) in [5, 5.41) is 8.30. The minimum Gasteiger partial charge on any atom is -0.349 e. The van der Waals surface area contributed by atoms with E-state index in [1.165, 1.54) is 6.42 Å². The van der Waals surface area contributed by atoms with Crippen LogP contribution in [0.3, 0.4) is 0 Å². The maximum atomic E-state index is 12.3. The molecule has 0 heterocycles. The molecule has 2 aliphatic rings. The second-order valence-corrected chi connectivity index (χ2v) is 7.09. The minimum atomic E-state index is -0.732. The summed E-state index contributed by atoms with van der Waals surface area (Å²) in [7, 11) is 0. The van der Waals surface area contributed by atoms with Gasteiger partial charge in [-0.25, -0.2) is 0 Å². The van der Waals surface area contributed by atoms with E-state index in [0.717, 1.165) is 32.1 Å². The van der Waals surface area contributed by atoms with Crippen molar-refractivity contribution in [3.63, 3.8) is 0 Å². The van der Waals surface area contributed by atoms with Gasteiger partial charge in [0.2, 0.25) is 0 Å². The lowest BCUT2D eigenvalue weighted by molar-refractivity contribution is -0.137. The third-order valence-electron chi connectivity index (χ3n) is 4.97. The molecule has 0 aromatic heterocycles. The Kier molecular flexibility index (Phi) is 5.36. The fourth-order valence-corrected chi connectivity index (χ4v) is 3.22. The lowest BCUT2D eigenvalue weighted by atomic mass is 9.86. The van der Waals surface area contributed by atoms with Gasteiger partial charge in [0, 0.05) is 12.1 Å². The summed E-state index contributed by atoms with van der Waals surface area (Å²) in [6.07, 6.45) is 6.19. The molecule has 0 bridgehead atoms. The van der Waals surface area contributed by atoms with Gasteiger partial charge in [-0.05, 0) is 43.7 Å². The molecule has 6 nitrogen and oxygen atoms in total. The van der Waals surface area contributed by atoms with Gasteiger partial charge < -0.3 is 16.0 Å². The number of hydrogen-bond donors (Lipinski definition) is 3. The summed E-state index contributed by atoms with van der Waals surface area (Å²) in [6.45, 7) is 2.10. The van der Waals surface area contributed by atoms with Gasteiger partial charge in [-0.15, -0.1) is 0 Å². The molecule has 0 aliphatic heterocycles. The summed E-state index contributed by atoms with van der Waals surface area (Å²) in [4.78, 5) is 36.7. The SMILES string of the molecule is C[C@@H]1CCCC[C@@H]1NC(=O)C(=O)Nc1ccccc1C(=O)NC1CC1. The first-order valence-electron chi connectivity index (χ1n) is 9.06. The smallest absolute Gasteiger partial charge is 0.313 e. The Morgan fingerprint density at radius 3 is 2.36 bits per heavy atom.